The number of hydrogen-bond donors (Lipinski definition) is 0. The molecule has 0 aliphatic carbocycles. The zero-order valence-corrected chi connectivity index (χ0v) is 14.8. The summed E-state index contributed by atoms with van der Waals surface area (Å²) in [5.41, 5.74) is -4.52. The minimum Gasteiger partial charge on any atom is -0.246 e. The SMILES string of the molecule is CCCPCF.Fc1c(F)c(F)c(-c2c(F)c(F)c(F)c(F)c2F)c(F)c1F. The Labute approximate surface area is 153 Å². The summed E-state index contributed by atoms with van der Waals surface area (Å²) in [6.07, 6.45) is 2.08. The molecule has 0 bridgehead atoms. The van der Waals surface area contributed by atoms with E-state index in [1.54, 1.807) is 0 Å². The van der Waals surface area contributed by atoms with Crippen molar-refractivity contribution < 1.29 is 48.3 Å². The fourth-order valence-electron chi connectivity index (χ4n) is 1.89. The quantitative estimate of drug-likeness (QED) is 0.162. The highest BCUT2D eigenvalue weighted by Gasteiger charge is 2.34. The summed E-state index contributed by atoms with van der Waals surface area (Å²) in [6.45, 7) is 2.07. The molecule has 0 heterocycles. The molecule has 0 saturated carbocycles. The van der Waals surface area contributed by atoms with Gasteiger partial charge in [0.05, 0.1) is 11.1 Å². The predicted molar refractivity (Wildman–Crippen MR) is 80.9 cm³/mol. The average molecular weight is 442 g/mol. The molecule has 0 aliphatic heterocycles. The first kappa shape index (κ1) is 24.1. The van der Waals surface area contributed by atoms with Gasteiger partial charge in [0, 0.05) is 0 Å². The predicted octanol–water partition coefficient (Wildman–Crippen LogP) is 6.75. The van der Waals surface area contributed by atoms with Gasteiger partial charge < -0.3 is 0 Å². The van der Waals surface area contributed by atoms with Crippen LogP contribution in [-0.2, 0) is 0 Å². The molecule has 2 aromatic carbocycles. The average Bonchev–Trinajstić information content (AvgIpc) is 2.69. The van der Waals surface area contributed by atoms with Gasteiger partial charge in [0.1, 0.15) is 6.42 Å². The maximum absolute atomic E-state index is 13.4. The molecule has 0 nitrogen and oxygen atoms in total. The van der Waals surface area contributed by atoms with E-state index in [1.165, 1.54) is 0 Å². The molecule has 0 fully saturated rings. The maximum atomic E-state index is 13.4. The van der Waals surface area contributed by atoms with Crippen molar-refractivity contribution in [3.63, 3.8) is 0 Å². The highest BCUT2D eigenvalue weighted by molar-refractivity contribution is 7.37. The molecule has 0 saturated heterocycles. The van der Waals surface area contributed by atoms with Crippen molar-refractivity contribution in [2.75, 3.05) is 12.6 Å². The highest BCUT2D eigenvalue weighted by atomic mass is 31.1. The van der Waals surface area contributed by atoms with Crippen LogP contribution in [0.15, 0.2) is 0 Å². The van der Waals surface area contributed by atoms with E-state index >= 15 is 0 Å². The van der Waals surface area contributed by atoms with Crippen LogP contribution in [0.3, 0.4) is 0 Å². The Morgan fingerprint density at radius 1 is 0.500 bits per heavy atom. The summed E-state index contributed by atoms with van der Waals surface area (Å²) < 4.78 is 142. The topological polar surface area (TPSA) is 0 Å². The Hall–Kier alpha value is -1.90. The van der Waals surface area contributed by atoms with Crippen molar-refractivity contribution >= 4 is 8.58 Å². The van der Waals surface area contributed by atoms with Crippen molar-refractivity contribution in [1.29, 1.82) is 0 Å². The molecular formula is C16H10F11P. The van der Waals surface area contributed by atoms with E-state index in [4.69, 9.17) is 0 Å². The minimum absolute atomic E-state index is 0.117. The zero-order valence-electron chi connectivity index (χ0n) is 13.8. The Bertz CT molecular complexity index is 737. The van der Waals surface area contributed by atoms with Crippen molar-refractivity contribution in [2.45, 2.75) is 13.3 Å². The molecule has 2 rings (SSSR count). The molecule has 28 heavy (non-hydrogen) atoms. The molecule has 2 aromatic rings. The largest absolute Gasteiger partial charge is 0.246 e. The lowest BCUT2D eigenvalue weighted by atomic mass is 10.0. The lowest BCUT2D eigenvalue weighted by molar-refractivity contribution is 0.370. The molecule has 12 heteroatoms. The zero-order chi connectivity index (χ0) is 21.8. The van der Waals surface area contributed by atoms with Gasteiger partial charge in [-0.1, -0.05) is 21.9 Å². The van der Waals surface area contributed by atoms with Gasteiger partial charge in [-0.15, -0.1) is 0 Å². The standard InChI is InChI=1S/C12F10.C4H10FP/c13-3-1(4(14)8(18)11(21)7(3)17)2-5(15)9(19)12(22)10(20)6(2)16;1-2-3-6-4-5/h;6H,2-4H2,1H3. The van der Waals surface area contributed by atoms with Gasteiger partial charge in [-0.3, -0.25) is 0 Å². The van der Waals surface area contributed by atoms with E-state index in [0.717, 1.165) is 12.6 Å². The van der Waals surface area contributed by atoms with Gasteiger partial charge in [0.15, 0.2) is 46.5 Å². The third-order valence-corrected chi connectivity index (χ3v) is 4.23. The third-order valence-electron chi connectivity index (χ3n) is 3.19. The lowest BCUT2D eigenvalue weighted by Crippen LogP contribution is -2.10. The second-order valence-electron chi connectivity index (χ2n) is 5.02. The summed E-state index contributed by atoms with van der Waals surface area (Å²) in [5.74, 6) is -26.6. The number of halogens is 11. The Morgan fingerprint density at radius 3 is 0.929 bits per heavy atom. The van der Waals surface area contributed by atoms with Crippen molar-refractivity contribution in [2.24, 2.45) is 0 Å². The fraction of sp³-hybridized carbons (Fsp3) is 0.250. The monoisotopic (exact) mass is 442 g/mol. The van der Waals surface area contributed by atoms with Gasteiger partial charge in [0.25, 0.3) is 0 Å². The third kappa shape index (κ3) is 4.56. The molecule has 0 aliphatic rings. The van der Waals surface area contributed by atoms with E-state index in [0.29, 0.717) is 8.58 Å². The van der Waals surface area contributed by atoms with Gasteiger partial charge in [0.2, 0.25) is 11.6 Å². The summed E-state index contributed by atoms with van der Waals surface area (Å²) in [7, 11) is 0.548. The first-order valence-corrected chi connectivity index (χ1v) is 8.74. The number of alkyl halides is 1. The molecule has 156 valence electrons. The van der Waals surface area contributed by atoms with E-state index in [9.17, 15) is 48.3 Å². The minimum atomic E-state index is -2.68. The Balaban J connectivity index is 0.000000568. The molecule has 0 amide bonds. The summed E-state index contributed by atoms with van der Waals surface area (Å²) in [4.78, 5) is 0. The first-order valence-electron chi connectivity index (χ1n) is 7.32. The molecular weight excluding hydrogens is 432 g/mol. The normalized spacial score (nSPS) is 11.1. The smallest absolute Gasteiger partial charge is 0.200 e. The molecule has 1 unspecified atom stereocenters. The first-order chi connectivity index (χ1) is 13.0. The highest BCUT2D eigenvalue weighted by Crippen LogP contribution is 2.37. The van der Waals surface area contributed by atoms with Crippen molar-refractivity contribution in [3.8, 4) is 11.1 Å². The molecule has 0 aromatic heterocycles. The fourth-order valence-corrected chi connectivity index (χ4v) is 2.38. The lowest BCUT2D eigenvalue weighted by Gasteiger charge is -2.11. The molecule has 0 N–H and O–H groups in total. The van der Waals surface area contributed by atoms with Gasteiger partial charge >= 0.3 is 0 Å². The molecule has 1 atom stereocenters. The molecule has 0 spiro atoms. The summed E-state index contributed by atoms with van der Waals surface area (Å²) >= 11 is 0. The van der Waals surface area contributed by atoms with Crippen LogP contribution < -0.4 is 0 Å². The maximum Gasteiger partial charge on any atom is 0.200 e. The molecule has 0 radical (unpaired) electrons. The number of hydrogen-bond acceptors (Lipinski definition) is 0. The van der Waals surface area contributed by atoms with E-state index in [2.05, 4.69) is 6.92 Å². The second-order valence-corrected chi connectivity index (χ2v) is 6.29. The Morgan fingerprint density at radius 2 is 0.750 bits per heavy atom. The van der Waals surface area contributed by atoms with E-state index in [1.807, 2.05) is 0 Å². The van der Waals surface area contributed by atoms with Crippen LogP contribution in [0.25, 0.3) is 11.1 Å². The van der Waals surface area contributed by atoms with E-state index in [-0.39, 0.29) is 6.42 Å². The van der Waals surface area contributed by atoms with Gasteiger partial charge in [-0.05, 0) is 6.16 Å². The number of rotatable bonds is 4. The van der Waals surface area contributed by atoms with Gasteiger partial charge in [-0.25, -0.2) is 48.3 Å². The van der Waals surface area contributed by atoms with E-state index < -0.39 is 69.3 Å². The van der Waals surface area contributed by atoms with Crippen LogP contribution in [0.4, 0.5) is 48.3 Å². The van der Waals surface area contributed by atoms with Crippen molar-refractivity contribution in [1.82, 2.24) is 0 Å². The second kappa shape index (κ2) is 10.0. The van der Waals surface area contributed by atoms with Gasteiger partial charge in [-0.2, -0.15) is 0 Å². The van der Waals surface area contributed by atoms with Crippen LogP contribution in [0, 0.1) is 58.2 Å². The van der Waals surface area contributed by atoms with Crippen LogP contribution in [0.5, 0.6) is 0 Å². The van der Waals surface area contributed by atoms with Crippen LogP contribution in [0.2, 0.25) is 0 Å². The van der Waals surface area contributed by atoms with Crippen molar-refractivity contribution in [3.05, 3.63) is 58.2 Å². The Kier molecular flexibility index (Phi) is 8.66. The number of benzene rings is 2. The van der Waals surface area contributed by atoms with Crippen LogP contribution >= 0.6 is 8.58 Å². The van der Waals surface area contributed by atoms with Crippen LogP contribution in [0.1, 0.15) is 13.3 Å². The van der Waals surface area contributed by atoms with Crippen LogP contribution in [-0.4, -0.2) is 12.6 Å². The summed E-state index contributed by atoms with van der Waals surface area (Å²) in [5, 5.41) is 0. The summed E-state index contributed by atoms with van der Waals surface area (Å²) in [6, 6.07) is 0.